The summed E-state index contributed by atoms with van der Waals surface area (Å²) >= 11 is 6.19. The van der Waals surface area contributed by atoms with E-state index in [1.165, 1.54) is 18.5 Å². The van der Waals surface area contributed by atoms with Gasteiger partial charge in [-0.2, -0.15) is 18.3 Å². The van der Waals surface area contributed by atoms with Crippen molar-refractivity contribution in [3.63, 3.8) is 0 Å². The summed E-state index contributed by atoms with van der Waals surface area (Å²) in [6, 6.07) is 10.4. The Morgan fingerprint density at radius 2 is 1.89 bits per heavy atom. The second-order valence-corrected chi connectivity index (χ2v) is 6.56. The molecule has 0 radical (unpaired) electrons. The summed E-state index contributed by atoms with van der Waals surface area (Å²) in [6.45, 7) is 1.90. The van der Waals surface area contributed by atoms with E-state index in [0.717, 1.165) is 17.7 Å². The third kappa shape index (κ3) is 3.38. The Kier molecular flexibility index (Phi) is 4.43. The van der Waals surface area contributed by atoms with Crippen LogP contribution in [-0.2, 0) is 6.18 Å². The highest BCUT2D eigenvalue weighted by atomic mass is 35.5. The van der Waals surface area contributed by atoms with Crippen LogP contribution in [-0.4, -0.2) is 19.7 Å². The van der Waals surface area contributed by atoms with Crippen LogP contribution in [0.1, 0.15) is 11.1 Å². The van der Waals surface area contributed by atoms with Gasteiger partial charge in [-0.05, 0) is 42.8 Å². The van der Waals surface area contributed by atoms with Crippen LogP contribution in [0, 0.1) is 6.92 Å². The van der Waals surface area contributed by atoms with Crippen molar-refractivity contribution >= 4 is 34.1 Å². The highest BCUT2D eigenvalue weighted by Gasteiger charge is 2.30. The zero-order valence-corrected chi connectivity index (χ0v) is 15.3. The van der Waals surface area contributed by atoms with Crippen molar-refractivity contribution in [1.82, 2.24) is 19.7 Å². The first-order valence-electron chi connectivity index (χ1n) is 8.22. The van der Waals surface area contributed by atoms with Crippen LogP contribution in [0.3, 0.4) is 0 Å². The quantitative estimate of drug-likeness (QED) is 0.488. The number of rotatable bonds is 3. The largest absolute Gasteiger partial charge is 0.416 e. The first kappa shape index (κ1) is 18.2. The molecule has 1 N–H and O–H groups in total. The number of benzene rings is 2. The number of hydrogen-bond acceptors (Lipinski definition) is 4. The van der Waals surface area contributed by atoms with Crippen molar-refractivity contribution in [2.24, 2.45) is 0 Å². The molecule has 5 nitrogen and oxygen atoms in total. The van der Waals surface area contributed by atoms with E-state index < -0.39 is 11.7 Å². The molecule has 4 aromatic rings. The van der Waals surface area contributed by atoms with E-state index in [2.05, 4.69) is 20.4 Å². The lowest BCUT2D eigenvalue weighted by Crippen LogP contribution is -2.05. The van der Waals surface area contributed by atoms with E-state index >= 15 is 0 Å². The van der Waals surface area contributed by atoms with Crippen molar-refractivity contribution in [1.29, 1.82) is 0 Å². The Balaban J connectivity index is 1.74. The minimum absolute atomic E-state index is 0.265. The molecule has 0 fully saturated rings. The van der Waals surface area contributed by atoms with Gasteiger partial charge in [0.15, 0.2) is 5.65 Å². The molecule has 0 saturated carbocycles. The smallest absolute Gasteiger partial charge is 0.340 e. The van der Waals surface area contributed by atoms with Crippen molar-refractivity contribution < 1.29 is 13.2 Å². The van der Waals surface area contributed by atoms with Crippen LogP contribution in [0.5, 0.6) is 0 Å². The molecule has 0 amide bonds. The van der Waals surface area contributed by atoms with Gasteiger partial charge in [-0.15, -0.1) is 0 Å². The van der Waals surface area contributed by atoms with Gasteiger partial charge in [0, 0.05) is 10.7 Å². The molecule has 0 atom stereocenters. The highest BCUT2D eigenvalue weighted by molar-refractivity contribution is 6.31. The Labute approximate surface area is 162 Å². The minimum atomic E-state index is -4.42. The third-order valence-corrected chi connectivity index (χ3v) is 4.63. The molecular weight excluding hydrogens is 391 g/mol. The molecule has 0 aliphatic rings. The summed E-state index contributed by atoms with van der Waals surface area (Å²) in [7, 11) is 0. The average Bonchev–Trinajstić information content (AvgIpc) is 3.09. The molecule has 142 valence electrons. The zero-order valence-electron chi connectivity index (χ0n) is 14.5. The Hall–Kier alpha value is -3.13. The number of aromatic nitrogens is 4. The number of nitrogens with zero attached hydrogens (tertiary/aromatic N) is 4. The van der Waals surface area contributed by atoms with Crippen LogP contribution in [0.15, 0.2) is 55.0 Å². The number of anilines is 2. The average molecular weight is 404 g/mol. The molecule has 2 aromatic heterocycles. The monoisotopic (exact) mass is 403 g/mol. The summed E-state index contributed by atoms with van der Waals surface area (Å²) in [6.07, 6.45) is -1.54. The lowest BCUT2D eigenvalue weighted by molar-refractivity contribution is -0.137. The maximum atomic E-state index is 12.9. The Bertz CT molecular complexity index is 1170. The summed E-state index contributed by atoms with van der Waals surface area (Å²) in [5.74, 6) is 0.355. The number of halogens is 4. The van der Waals surface area contributed by atoms with Crippen molar-refractivity contribution in [2.75, 3.05) is 5.32 Å². The molecule has 0 spiro atoms. The molecular formula is C19H13ClF3N5. The van der Waals surface area contributed by atoms with Gasteiger partial charge in [0.2, 0.25) is 0 Å². The van der Waals surface area contributed by atoms with Crippen LogP contribution in [0.2, 0.25) is 5.02 Å². The summed E-state index contributed by atoms with van der Waals surface area (Å²) in [5.41, 5.74) is 1.68. The summed E-state index contributed by atoms with van der Waals surface area (Å²) in [5, 5.41) is 8.41. The fraction of sp³-hybridized carbons (Fsp3) is 0.105. The molecule has 0 bridgehead atoms. The first-order chi connectivity index (χ1) is 13.3. The standard InChI is InChI=1S/C19H13ClF3N5/c1-11-5-6-14(8-16(11)20)28-18-15(9-26-28)17(24-10-25-18)27-13-4-2-3-12(7-13)19(21,22)23/h2-10H,1H3,(H,24,25,27). The van der Waals surface area contributed by atoms with Gasteiger partial charge in [-0.25, -0.2) is 14.6 Å². The predicted octanol–water partition coefficient (Wildman–Crippen LogP) is 5.54. The van der Waals surface area contributed by atoms with E-state index in [1.807, 2.05) is 19.1 Å². The van der Waals surface area contributed by atoms with E-state index in [1.54, 1.807) is 16.9 Å². The van der Waals surface area contributed by atoms with Gasteiger partial charge in [0.05, 0.1) is 22.8 Å². The maximum absolute atomic E-state index is 12.9. The van der Waals surface area contributed by atoms with Gasteiger partial charge in [-0.1, -0.05) is 23.7 Å². The third-order valence-electron chi connectivity index (χ3n) is 4.22. The molecule has 4 rings (SSSR count). The maximum Gasteiger partial charge on any atom is 0.416 e. The fourth-order valence-corrected chi connectivity index (χ4v) is 2.93. The second kappa shape index (κ2) is 6.79. The van der Waals surface area contributed by atoms with E-state index in [4.69, 9.17) is 11.6 Å². The lowest BCUT2D eigenvalue weighted by atomic mass is 10.2. The number of hydrogen-bond donors (Lipinski definition) is 1. The van der Waals surface area contributed by atoms with Gasteiger partial charge < -0.3 is 5.32 Å². The number of aryl methyl sites for hydroxylation is 1. The van der Waals surface area contributed by atoms with Crippen molar-refractivity contribution in [3.05, 3.63) is 71.1 Å². The molecule has 28 heavy (non-hydrogen) atoms. The van der Waals surface area contributed by atoms with Crippen LogP contribution in [0.25, 0.3) is 16.7 Å². The number of fused-ring (bicyclic) bond motifs is 1. The molecule has 0 aliphatic carbocycles. The molecule has 0 unspecified atom stereocenters. The summed E-state index contributed by atoms with van der Waals surface area (Å²) < 4.78 is 40.4. The molecule has 2 aromatic carbocycles. The van der Waals surface area contributed by atoms with E-state index in [-0.39, 0.29) is 5.69 Å². The normalized spacial score (nSPS) is 11.8. The van der Waals surface area contributed by atoms with Gasteiger partial charge in [0.25, 0.3) is 0 Å². The van der Waals surface area contributed by atoms with Crippen molar-refractivity contribution in [3.8, 4) is 5.69 Å². The molecule has 0 aliphatic heterocycles. The number of alkyl halides is 3. The molecule has 9 heteroatoms. The van der Waals surface area contributed by atoms with Crippen LogP contribution in [0.4, 0.5) is 24.7 Å². The highest BCUT2D eigenvalue weighted by Crippen LogP contribution is 2.32. The second-order valence-electron chi connectivity index (χ2n) is 6.15. The number of nitrogens with one attached hydrogen (secondary N) is 1. The van der Waals surface area contributed by atoms with E-state index in [0.29, 0.717) is 27.6 Å². The van der Waals surface area contributed by atoms with Crippen LogP contribution >= 0.6 is 11.6 Å². The lowest BCUT2D eigenvalue weighted by Gasteiger charge is -2.10. The van der Waals surface area contributed by atoms with Crippen LogP contribution < -0.4 is 5.32 Å². The van der Waals surface area contributed by atoms with Gasteiger partial charge >= 0.3 is 6.18 Å². The predicted molar refractivity (Wildman–Crippen MR) is 101 cm³/mol. The van der Waals surface area contributed by atoms with Gasteiger partial charge in [0.1, 0.15) is 12.1 Å². The fourth-order valence-electron chi connectivity index (χ4n) is 2.76. The topological polar surface area (TPSA) is 55.6 Å². The molecule has 2 heterocycles. The SMILES string of the molecule is Cc1ccc(-n2ncc3c(Nc4cccc(C(F)(F)F)c4)ncnc32)cc1Cl. The Morgan fingerprint density at radius 1 is 1.07 bits per heavy atom. The van der Waals surface area contributed by atoms with Gasteiger partial charge in [-0.3, -0.25) is 0 Å². The Morgan fingerprint density at radius 3 is 2.64 bits per heavy atom. The van der Waals surface area contributed by atoms with Crippen molar-refractivity contribution in [2.45, 2.75) is 13.1 Å². The first-order valence-corrected chi connectivity index (χ1v) is 8.60. The molecule has 0 saturated heterocycles. The summed E-state index contributed by atoms with van der Waals surface area (Å²) in [4.78, 5) is 8.40. The van der Waals surface area contributed by atoms with E-state index in [9.17, 15) is 13.2 Å². The minimum Gasteiger partial charge on any atom is -0.340 e. The zero-order chi connectivity index (χ0) is 19.9.